The van der Waals surface area contributed by atoms with Crippen molar-refractivity contribution in [3.8, 4) is 0 Å². The summed E-state index contributed by atoms with van der Waals surface area (Å²) in [6.45, 7) is 3.81. The highest BCUT2D eigenvalue weighted by Crippen LogP contribution is 2.28. The molecule has 1 spiro atoms. The van der Waals surface area contributed by atoms with Gasteiger partial charge in [0.25, 0.3) is 0 Å². The lowest BCUT2D eigenvalue weighted by Crippen LogP contribution is -2.71. The van der Waals surface area contributed by atoms with Crippen molar-refractivity contribution < 1.29 is 14.3 Å². The van der Waals surface area contributed by atoms with Crippen molar-refractivity contribution in [2.75, 3.05) is 45.2 Å². The number of hydrogen-bond donors (Lipinski definition) is 1. The van der Waals surface area contributed by atoms with Crippen LogP contribution in [-0.2, 0) is 20.7 Å². The summed E-state index contributed by atoms with van der Waals surface area (Å²) in [5.74, 6) is 0.149. The van der Waals surface area contributed by atoms with Crippen LogP contribution in [-0.4, -0.2) is 67.6 Å². The van der Waals surface area contributed by atoms with Crippen molar-refractivity contribution in [1.29, 1.82) is 0 Å². The van der Waals surface area contributed by atoms with Crippen molar-refractivity contribution in [3.63, 3.8) is 0 Å². The number of benzene rings is 1. The number of piperazine rings is 1. The average molecular weight is 303 g/mol. The number of hydrogen-bond acceptors (Lipinski definition) is 4. The van der Waals surface area contributed by atoms with Gasteiger partial charge in [-0.25, -0.2) is 0 Å². The van der Waals surface area contributed by atoms with Gasteiger partial charge in [0, 0.05) is 25.3 Å². The molecule has 3 rings (SSSR count). The third-order valence-corrected chi connectivity index (χ3v) is 4.63. The first kappa shape index (κ1) is 15.0. The quantitative estimate of drug-likeness (QED) is 0.815. The van der Waals surface area contributed by atoms with Crippen LogP contribution in [0.25, 0.3) is 0 Å². The number of ether oxygens (including phenoxy) is 1. The summed E-state index contributed by atoms with van der Waals surface area (Å²) < 4.78 is 5.35. The van der Waals surface area contributed by atoms with Crippen LogP contribution in [0, 0.1) is 0 Å². The molecule has 22 heavy (non-hydrogen) atoms. The van der Waals surface area contributed by atoms with Crippen molar-refractivity contribution in [3.05, 3.63) is 29.8 Å². The van der Waals surface area contributed by atoms with Crippen molar-refractivity contribution in [2.24, 2.45) is 0 Å². The number of amides is 2. The molecule has 0 aliphatic carbocycles. The minimum absolute atomic E-state index is 0.0195. The van der Waals surface area contributed by atoms with Crippen LogP contribution in [0.1, 0.15) is 5.56 Å². The molecule has 2 amide bonds. The zero-order valence-electron chi connectivity index (χ0n) is 12.7. The Morgan fingerprint density at radius 1 is 1.32 bits per heavy atom. The minimum atomic E-state index is 0.0195. The molecule has 2 aliphatic heterocycles. The largest absolute Gasteiger partial charge is 0.377 e. The summed E-state index contributed by atoms with van der Waals surface area (Å²) >= 11 is 0. The summed E-state index contributed by atoms with van der Waals surface area (Å²) in [5, 5.41) is 2.59. The second-order valence-corrected chi connectivity index (χ2v) is 6.09. The van der Waals surface area contributed by atoms with E-state index in [1.165, 1.54) is 0 Å². The third kappa shape index (κ3) is 2.84. The lowest BCUT2D eigenvalue weighted by Gasteiger charge is -2.53. The Labute approximate surface area is 130 Å². The Hall–Kier alpha value is -1.92. The first-order chi connectivity index (χ1) is 10.6. The number of nitrogens with zero attached hydrogens (tertiary/aromatic N) is 2. The van der Waals surface area contributed by atoms with Gasteiger partial charge in [0.05, 0.1) is 25.2 Å². The van der Waals surface area contributed by atoms with Gasteiger partial charge in [-0.1, -0.05) is 12.1 Å². The molecule has 2 aliphatic rings. The number of likely N-dealkylation sites (N-methyl/N-ethyl adjacent to an activating group) is 1. The van der Waals surface area contributed by atoms with Gasteiger partial charge < -0.3 is 15.0 Å². The van der Waals surface area contributed by atoms with E-state index in [1.807, 2.05) is 29.2 Å². The van der Waals surface area contributed by atoms with E-state index in [-0.39, 0.29) is 11.4 Å². The zero-order valence-corrected chi connectivity index (χ0v) is 12.7. The maximum absolute atomic E-state index is 12.5. The van der Waals surface area contributed by atoms with Crippen LogP contribution >= 0.6 is 0 Å². The average Bonchev–Trinajstić information content (AvgIpc) is 2.48. The molecule has 6 heteroatoms. The molecule has 2 fully saturated rings. The normalized spacial score (nSPS) is 20.5. The second-order valence-electron chi connectivity index (χ2n) is 6.09. The molecule has 118 valence electrons. The Bertz CT molecular complexity index is 554. The molecule has 2 heterocycles. The Morgan fingerprint density at radius 3 is 2.64 bits per heavy atom. The van der Waals surface area contributed by atoms with E-state index in [0.29, 0.717) is 26.0 Å². The third-order valence-electron chi connectivity index (χ3n) is 4.63. The molecule has 0 unspecified atom stereocenters. The van der Waals surface area contributed by atoms with Crippen LogP contribution in [0.3, 0.4) is 0 Å². The Kier molecular flexibility index (Phi) is 4.13. The zero-order chi connectivity index (χ0) is 15.6. The second kappa shape index (κ2) is 6.06. The fourth-order valence-corrected chi connectivity index (χ4v) is 3.00. The summed E-state index contributed by atoms with van der Waals surface area (Å²) in [4.78, 5) is 27.1. The maximum Gasteiger partial charge on any atom is 0.227 e. The SMILES string of the molecule is CN1CCN(C(=O)Cc2ccc(NC=O)cc2)CC12COC2. The molecule has 0 aromatic heterocycles. The number of rotatable bonds is 4. The van der Waals surface area contributed by atoms with Gasteiger partial charge in [-0.2, -0.15) is 0 Å². The molecule has 0 bridgehead atoms. The predicted molar refractivity (Wildman–Crippen MR) is 82.6 cm³/mol. The predicted octanol–water partition coefficient (Wildman–Crippen LogP) is 0.340. The Balaban J connectivity index is 1.60. The highest BCUT2D eigenvalue weighted by molar-refractivity contribution is 5.79. The molecule has 0 saturated carbocycles. The number of nitrogens with one attached hydrogen (secondary N) is 1. The van der Waals surface area contributed by atoms with Gasteiger partial charge in [-0.05, 0) is 24.7 Å². The summed E-state index contributed by atoms with van der Waals surface area (Å²) in [6.07, 6.45) is 1.03. The van der Waals surface area contributed by atoms with Crippen LogP contribution < -0.4 is 5.32 Å². The van der Waals surface area contributed by atoms with E-state index in [9.17, 15) is 9.59 Å². The Morgan fingerprint density at radius 2 is 2.05 bits per heavy atom. The molecule has 6 nitrogen and oxygen atoms in total. The molecule has 0 radical (unpaired) electrons. The van der Waals surface area contributed by atoms with Gasteiger partial charge in [0.15, 0.2) is 0 Å². The van der Waals surface area contributed by atoms with E-state index in [4.69, 9.17) is 4.74 Å². The van der Waals surface area contributed by atoms with Gasteiger partial charge >= 0.3 is 0 Å². The summed E-state index contributed by atoms with van der Waals surface area (Å²) in [6, 6.07) is 7.37. The first-order valence-corrected chi connectivity index (χ1v) is 7.49. The monoisotopic (exact) mass is 303 g/mol. The number of anilines is 1. The van der Waals surface area contributed by atoms with E-state index in [0.717, 1.165) is 30.9 Å². The van der Waals surface area contributed by atoms with E-state index >= 15 is 0 Å². The number of carbonyl (C=O) groups excluding carboxylic acids is 2. The summed E-state index contributed by atoms with van der Waals surface area (Å²) in [5.41, 5.74) is 1.71. The molecule has 0 atom stereocenters. The van der Waals surface area contributed by atoms with Gasteiger partial charge in [0.1, 0.15) is 0 Å². The van der Waals surface area contributed by atoms with Gasteiger partial charge in [-0.3, -0.25) is 14.5 Å². The first-order valence-electron chi connectivity index (χ1n) is 7.49. The van der Waals surface area contributed by atoms with Crippen LogP contribution in [0.4, 0.5) is 5.69 Å². The van der Waals surface area contributed by atoms with Gasteiger partial charge in [0.2, 0.25) is 12.3 Å². The lowest BCUT2D eigenvalue weighted by molar-refractivity contribution is -0.170. The standard InChI is InChI=1S/C16H21N3O3/c1-18-6-7-19(9-16(18)10-22-11-16)15(21)8-13-2-4-14(5-3-13)17-12-20/h2-5,12H,6-11H2,1H3,(H,17,20). The van der Waals surface area contributed by atoms with Crippen molar-refractivity contribution >= 4 is 18.0 Å². The molecule has 1 aromatic rings. The molecular weight excluding hydrogens is 282 g/mol. The van der Waals surface area contributed by atoms with E-state index in [2.05, 4.69) is 17.3 Å². The molecular formula is C16H21N3O3. The molecule has 1 aromatic carbocycles. The lowest BCUT2D eigenvalue weighted by atomic mass is 9.92. The highest BCUT2D eigenvalue weighted by Gasteiger charge is 2.46. The fourth-order valence-electron chi connectivity index (χ4n) is 3.00. The molecule has 1 N–H and O–H groups in total. The fraction of sp³-hybridized carbons (Fsp3) is 0.500. The van der Waals surface area contributed by atoms with Crippen LogP contribution in [0.15, 0.2) is 24.3 Å². The highest BCUT2D eigenvalue weighted by atomic mass is 16.5. The maximum atomic E-state index is 12.5. The van der Waals surface area contributed by atoms with Gasteiger partial charge in [-0.15, -0.1) is 0 Å². The molecule has 2 saturated heterocycles. The number of carbonyl (C=O) groups is 2. The van der Waals surface area contributed by atoms with Crippen molar-refractivity contribution in [1.82, 2.24) is 9.80 Å². The van der Waals surface area contributed by atoms with E-state index in [1.54, 1.807) is 0 Å². The minimum Gasteiger partial charge on any atom is -0.377 e. The smallest absolute Gasteiger partial charge is 0.227 e. The topological polar surface area (TPSA) is 61.9 Å². The van der Waals surface area contributed by atoms with Crippen LogP contribution in [0.2, 0.25) is 0 Å². The summed E-state index contributed by atoms with van der Waals surface area (Å²) in [7, 11) is 2.10. The van der Waals surface area contributed by atoms with E-state index < -0.39 is 0 Å². The van der Waals surface area contributed by atoms with Crippen LogP contribution in [0.5, 0.6) is 0 Å². The van der Waals surface area contributed by atoms with Crippen molar-refractivity contribution in [2.45, 2.75) is 12.0 Å².